The zero-order valence-electron chi connectivity index (χ0n) is 16.1. The van der Waals surface area contributed by atoms with E-state index in [4.69, 9.17) is 9.47 Å². The van der Waals surface area contributed by atoms with E-state index < -0.39 is 0 Å². The standard InChI is InChI=1S/C22H40O2/c1-2-3-4-5-6-7-8-9-10-11-12-13-14-15-17-20-23-22-19-16-18-21-24-22/h22H,2-13,16-21H2,1H3. The third kappa shape index (κ3) is 13.9. The SMILES string of the molecule is CCCCCCCCCCCCCC#CCCOC1CCCCO1. The normalized spacial score (nSPS) is 17.5. The third-order valence-corrected chi connectivity index (χ3v) is 4.70. The minimum absolute atomic E-state index is 0.0344. The molecule has 1 aliphatic heterocycles. The summed E-state index contributed by atoms with van der Waals surface area (Å²) in [5.41, 5.74) is 0. The summed E-state index contributed by atoms with van der Waals surface area (Å²) in [6.45, 7) is 3.86. The largest absolute Gasteiger partial charge is 0.353 e. The van der Waals surface area contributed by atoms with Crippen LogP contribution in [-0.4, -0.2) is 19.5 Å². The van der Waals surface area contributed by atoms with Crippen LogP contribution in [0.3, 0.4) is 0 Å². The molecule has 0 aromatic heterocycles. The van der Waals surface area contributed by atoms with Gasteiger partial charge in [-0.2, -0.15) is 0 Å². The molecule has 1 fully saturated rings. The molecule has 1 rings (SSSR count). The lowest BCUT2D eigenvalue weighted by atomic mass is 10.1. The van der Waals surface area contributed by atoms with Gasteiger partial charge in [0, 0.05) is 19.4 Å². The Morgan fingerprint density at radius 3 is 2.04 bits per heavy atom. The van der Waals surface area contributed by atoms with Crippen molar-refractivity contribution < 1.29 is 9.47 Å². The van der Waals surface area contributed by atoms with Gasteiger partial charge < -0.3 is 9.47 Å². The van der Waals surface area contributed by atoms with Gasteiger partial charge in [0.1, 0.15) is 0 Å². The molecular weight excluding hydrogens is 296 g/mol. The molecular formula is C22H40O2. The first-order valence-electron chi connectivity index (χ1n) is 10.6. The van der Waals surface area contributed by atoms with E-state index in [2.05, 4.69) is 18.8 Å². The van der Waals surface area contributed by atoms with Crippen LogP contribution in [-0.2, 0) is 9.47 Å². The van der Waals surface area contributed by atoms with Crippen molar-refractivity contribution in [3.05, 3.63) is 0 Å². The fraction of sp³-hybridized carbons (Fsp3) is 0.909. The Morgan fingerprint density at radius 2 is 1.42 bits per heavy atom. The fourth-order valence-electron chi connectivity index (χ4n) is 3.14. The highest BCUT2D eigenvalue weighted by atomic mass is 16.7. The monoisotopic (exact) mass is 336 g/mol. The number of ether oxygens (including phenoxy) is 2. The molecule has 0 bridgehead atoms. The summed E-state index contributed by atoms with van der Waals surface area (Å²) < 4.78 is 11.2. The van der Waals surface area contributed by atoms with Crippen LogP contribution in [0.2, 0.25) is 0 Å². The van der Waals surface area contributed by atoms with E-state index in [1.807, 2.05) is 0 Å². The highest BCUT2D eigenvalue weighted by Crippen LogP contribution is 2.14. The van der Waals surface area contributed by atoms with Gasteiger partial charge >= 0.3 is 0 Å². The molecule has 0 aromatic carbocycles. The second-order valence-electron chi connectivity index (χ2n) is 7.06. The summed E-state index contributed by atoms with van der Waals surface area (Å²) in [5, 5.41) is 0. The molecule has 0 N–H and O–H groups in total. The van der Waals surface area contributed by atoms with E-state index in [9.17, 15) is 0 Å². The number of rotatable bonds is 14. The van der Waals surface area contributed by atoms with Crippen LogP contribution in [0.4, 0.5) is 0 Å². The minimum atomic E-state index is 0.0344. The Hall–Kier alpha value is -0.520. The Balaban J connectivity index is 1.74. The molecule has 0 aromatic rings. The molecule has 1 saturated heterocycles. The maximum atomic E-state index is 5.67. The maximum Gasteiger partial charge on any atom is 0.157 e. The first-order valence-corrected chi connectivity index (χ1v) is 10.6. The molecule has 0 spiro atoms. The van der Waals surface area contributed by atoms with Gasteiger partial charge in [-0.1, -0.05) is 71.1 Å². The fourth-order valence-corrected chi connectivity index (χ4v) is 3.14. The van der Waals surface area contributed by atoms with Crippen LogP contribution in [0.25, 0.3) is 0 Å². The average molecular weight is 337 g/mol. The van der Waals surface area contributed by atoms with Crippen molar-refractivity contribution in [2.45, 2.75) is 116 Å². The van der Waals surface area contributed by atoms with Gasteiger partial charge in [-0.15, -0.1) is 11.8 Å². The molecule has 1 atom stereocenters. The first kappa shape index (κ1) is 21.5. The van der Waals surface area contributed by atoms with E-state index in [1.54, 1.807) is 0 Å². The molecule has 2 nitrogen and oxygen atoms in total. The molecule has 1 heterocycles. The van der Waals surface area contributed by atoms with Crippen LogP contribution >= 0.6 is 0 Å². The lowest BCUT2D eigenvalue weighted by Gasteiger charge is -2.22. The van der Waals surface area contributed by atoms with Gasteiger partial charge in [-0.05, 0) is 25.7 Å². The Labute approximate surface area is 151 Å². The molecule has 0 amide bonds. The topological polar surface area (TPSA) is 18.5 Å². The van der Waals surface area contributed by atoms with Gasteiger partial charge in [-0.25, -0.2) is 0 Å². The van der Waals surface area contributed by atoms with E-state index >= 15 is 0 Å². The van der Waals surface area contributed by atoms with Crippen LogP contribution in [0.5, 0.6) is 0 Å². The van der Waals surface area contributed by atoms with Crippen molar-refractivity contribution in [1.82, 2.24) is 0 Å². The van der Waals surface area contributed by atoms with Crippen LogP contribution in [0.1, 0.15) is 110 Å². The first-order chi connectivity index (χ1) is 11.9. The smallest absolute Gasteiger partial charge is 0.157 e. The lowest BCUT2D eigenvalue weighted by molar-refractivity contribution is -0.161. The lowest BCUT2D eigenvalue weighted by Crippen LogP contribution is -2.22. The zero-order chi connectivity index (χ0) is 17.1. The highest BCUT2D eigenvalue weighted by molar-refractivity contribution is 4.98. The Kier molecular flexibility index (Phi) is 15.5. The molecule has 24 heavy (non-hydrogen) atoms. The second kappa shape index (κ2) is 17.3. The molecule has 0 radical (unpaired) electrons. The van der Waals surface area contributed by atoms with Gasteiger partial charge in [0.25, 0.3) is 0 Å². The van der Waals surface area contributed by atoms with Gasteiger partial charge in [0.15, 0.2) is 6.29 Å². The summed E-state index contributed by atoms with van der Waals surface area (Å²) in [4.78, 5) is 0. The van der Waals surface area contributed by atoms with Crippen molar-refractivity contribution in [2.24, 2.45) is 0 Å². The van der Waals surface area contributed by atoms with Crippen molar-refractivity contribution in [3.63, 3.8) is 0 Å². The number of unbranched alkanes of at least 4 members (excludes halogenated alkanes) is 11. The molecule has 2 heteroatoms. The van der Waals surface area contributed by atoms with E-state index in [0.29, 0.717) is 0 Å². The third-order valence-electron chi connectivity index (χ3n) is 4.70. The van der Waals surface area contributed by atoms with E-state index in [1.165, 1.54) is 83.5 Å². The van der Waals surface area contributed by atoms with Crippen molar-refractivity contribution in [1.29, 1.82) is 0 Å². The van der Waals surface area contributed by atoms with Crippen molar-refractivity contribution in [3.8, 4) is 11.8 Å². The summed E-state index contributed by atoms with van der Waals surface area (Å²) in [6.07, 6.45) is 20.8. The average Bonchev–Trinajstić information content (AvgIpc) is 2.62. The van der Waals surface area contributed by atoms with Gasteiger partial charge in [-0.3, -0.25) is 0 Å². The van der Waals surface area contributed by atoms with E-state index in [0.717, 1.165) is 32.5 Å². The summed E-state index contributed by atoms with van der Waals surface area (Å²) in [7, 11) is 0. The quantitative estimate of drug-likeness (QED) is 0.262. The van der Waals surface area contributed by atoms with E-state index in [-0.39, 0.29) is 6.29 Å². The molecule has 1 aliphatic rings. The number of hydrogen-bond acceptors (Lipinski definition) is 2. The van der Waals surface area contributed by atoms with Crippen LogP contribution in [0.15, 0.2) is 0 Å². The predicted molar refractivity (Wildman–Crippen MR) is 103 cm³/mol. The summed E-state index contributed by atoms with van der Waals surface area (Å²) in [6, 6.07) is 0. The Morgan fingerprint density at radius 1 is 0.792 bits per heavy atom. The molecule has 1 unspecified atom stereocenters. The summed E-state index contributed by atoms with van der Waals surface area (Å²) >= 11 is 0. The highest BCUT2D eigenvalue weighted by Gasteiger charge is 2.12. The summed E-state index contributed by atoms with van der Waals surface area (Å²) in [5.74, 6) is 6.51. The minimum Gasteiger partial charge on any atom is -0.353 e. The number of hydrogen-bond donors (Lipinski definition) is 0. The van der Waals surface area contributed by atoms with Crippen LogP contribution in [0, 0.1) is 11.8 Å². The molecule has 0 aliphatic carbocycles. The maximum absolute atomic E-state index is 5.67. The zero-order valence-corrected chi connectivity index (χ0v) is 16.1. The molecule has 0 saturated carbocycles. The molecule has 140 valence electrons. The second-order valence-corrected chi connectivity index (χ2v) is 7.06. The van der Waals surface area contributed by atoms with Gasteiger partial charge in [0.2, 0.25) is 0 Å². The van der Waals surface area contributed by atoms with Crippen LogP contribution < -0.4 is 0 Å². The van der Waals surface area contributed by atoms with Crippen molar-refractivity contribution >= 4 is 0 Å². The van der Waals surface area contributed by atoms with Crippen molar-refractivity contribution in [2.75, 3.05) is 13.2 Å². The Bertz CT molecular complexity index is 310. The van der Waals surface area contributed by atoms with Gasteiger partial charge in [0.05, 0.1) is 6.61 Å². The predicted octanol–water partition coefficient (Wildman–Crippen LogP) is 6.62.